The lowest BCUT2D eigenvalue weighted by atomic mass is 9.79. The van der Waals surface area contributed by atoms with Crippen LogP contribution < -0.4 is 0 Å². The monoisotopic (exact) mass is 347 g/mol. The van der Waals surface area contributed by atoms with Crippen molar-refractivity contribution in [1.82, 2.24) is 14.7 Å². The molecule has 1 fully saturated rings. The van der Waals surface area contributed by atoms with Gasteiger partial charge >= 0.3 is 0 Å². The van der Waals surface area contributed by atoms with E-state index in [-0.39, 0.29) is 0 Å². The summed E-state index contributed by atoms with van der Waals surface area (Å²) in [6.07, 6.45) is 9.05. The number of nitrogens with zero attached hydrogens (tertiary/aromatic N) is 3. The van der Waals surface area contributed by atoms with Gasteiger partial charge in [0.2, 0.25) is 0 Å². The van der Waals surface area contributed by atoms with E-state index in [1.807, 2.05) is 29.3 Å². The van der Waals surface area contributed by atoms with Crippen LogP contribution >= 0.6 is 11.3 Å². The van der Waals surface area contributed by atoms with Gasteiger partial charge < -0.3 is 4.74 Å². The van der Waals surface area contributed by atoms with Crippen LogP contribution in [0.5, 0.6) is 0 Å². The quantitative estimate of drug-likeness (QED) is 0.648. The van der Waals surface area contributed by atoms with E-state index in [0.717, 1.165) is 19.8 Å². The van der Waals surface area contributed by atoms with E-state index in [4.69, 9.17) is 4.74 Å². The van der Waals surface area contributed by atoms with Gasteiger partial charge in [0.25, 0.3) is 0 Å². The van der Waals surface area contributed by atoms with Crippen molar-refractivity contribution < 1.29 is 4.74 Å². The number of ether oxygens (including phenoxy) is 1. The topological polar surface area (TPSA) is 30.3 Å². The Morgan fingerprint density at radius 2 is 2.29 bits per heavy atom. The van der Waals surface area contributed by atoms with Gasteiger partial charge in [-0.25, -0.2) is 0 Å². The highest BCUT2D eigenvalue weighted by Crippen LogP contribution is 2.39. The van der Waals surface area contributed by atoms with E-state index in [1.165, 1.54) is 49.2 Å². The van der Waals surface area contributed by atoms with Gasteiger partial charge in [-0.3, -0.25) is 9.58 Å². The standard InChI is InChI=1S/C19H29N3OS/c1-3-23-11-9-19(7-6-18-5-4-12-24-18)8-10-22(16-19)15-17-13-20-21(2)14-17/h4-5,12-14H,3,6-11,15-16H2,1-2H3/t19-/m0/s1. The first-order valence-corrected chi connectivity index (χ1v) is 9.87. The van der Waals surface area contributed by atoms with Gasteiger partial charge in [-0.15, -0.1) is 11.3 Å². The van der Waals surface area contributed by atoms with Gasteiger partial charge in [0.05, 0.1) is 6.20 Å². The molecule has 3 rings (SSSR count). The summed E-state index contributed by atoms with van der Waals surface area (Å²) in [5, 5.41) is 6.48. The SMILES string of the molecule is CCOCC[C@]1(CCc2cccs2)CCN(Cc2cnn(C)c2)C1. The van der Waals surface area contributed by atoms with E-state index >= 15 is 0 Å². The highest BCUT2D eigenvalue weighted by Gasteiger charge is 2.37. The normalized spacial score (nSPS) is 21.6. The van der Waals surface area contributed by atoms with Gasteiger partial charge in [-0.1, -0.05) is 6.07 Å². The second kappa shape index (κ2) is 8.28. The minimum absolute atomic E-state index is 0.404. The van der Waals surface area contributed by atoms with Crippen molar-refractivity contribution in [2.45, 2.75) is 39.2 Å². The van der Waals surface area contributed by atoms with Crippen LogP contribution in [0.1, 0.15) is 36.6 Å². The Hall–Kier alpha value is -1.17. The van der Waals surface area contributed by atoms with Crippen LogP contribution in [0, 0.1) is 5.41 Å². The van der Waals surface area contributed by atoms with Crippen molar-refractivity contribution in [1.29, 1.82) is 0 Å². The number of thiophene rings is 1. The average Bonchev–Trinajstić information content (AvgIpc) is 3.29. The zero-order valence-corrected chi connectivity index (χ0v) is 15.7. The predicted octanol–water partition coefficient (Wildman–Crippen LogP) is 3.73. The third-order valence-electron chi connectivity index (χ3n) is 5.14. The highest BCUT2D eigenvalue weighted by atomic mass is 32.1. The van der Waals surface area contributed by atoms with Crippen molar-refractivity contribution >= 4 is 11.3 Å². The van der Waals surface area contributed by atoms with Crippen LogP contribution in [0.15, 0.2) is 29.9 Å². The highest BCUT2D eigenvalue weighted by molar-refractivity contribution is 7.09. The van der Waals surface area contributed by atoms with Gasteiger partial charge in [-0.2, -0.15) is 5.10 Å². The zero-order valence-electron chi connectivity index (χ0n) is 14.9. The van der Waals surface area contributed by atoms with Gasteiger partial charge in [0.15, 0.2) is 0 Å². The van der Waals surface area contributed by atoms with Gasteiger partial charge in [-0.05, 0) is 56.0 Å². The minimum Gasteiger partial charge on any atom is -0.382 e. The number of hydrogen-bond acceptors (Lipinski definition) is 4. The lowest BCUT2D eigenvalue weighted by Gasteiger charge is -2.29. The Morgan fingerprint density at radius 3 is 3.00 bits per heavy atom. The molecule has 4 nitrogen and oxygen atoms in total. The average molecular weight is 348 g/mol. The first-order chi connectivity index (χ1) is 11.7. The molecule has 3 heterocycles. The van der Waals surface area contributed by atoms with E-state index in [2.05, 4.69) is 40.6 Å². The molecule has 5 heteroatoms. The summed E-state index contributed by atoms with van der Waals surface area (Å²) in [5.74, 6) is 0. The Kier molecular flexibility index (Phi) is 6.09. The van der Waals surface area contributed by atoms with Crippen molar-refractivity contribution in [3.63, 3.8) is 0 Å². The molecule has 2 aromatic rings. The fourth-order valence-electron chi connectivity index (χ4n) is 3.78. The van der Waals surface area contributed by atoms with Crippen LogP contribution in [0.4, 0.5) is 0 Å². The number of aromatic nitrogens is 2. The second-order valence-corrected chi connectivity index (χ2v) is 8.04. The molecule has 0 aliphatic carbocycles. The van der Waals surface area contributed by atoms with E-state index < -0.39 is 0 Å². The Labute approximate surface area is 149 Å². The van der Waals surface area contributed by atoms with Crippen molar-refractivity contribution in [3.05, 3.63) is 40.3 Å². The molecule has 0 N–H and O–H groups in total. The fourth-order valence-corrected chi connectivity index (χ4v) is 4.49. The Balaban J connectivity index is 1.59. The van der Waals surface area contributed by atoms with Crippen LogP contribution in [0.2, 0.25) is 0 Å². The third kappa shape index (κ3) is 4.68. The molecule has 0 amide bonds. The molecular weight excluding hydrogens is 318 g/mol. The lowest BCUT2D eigenvalue weighted by Crippen LogP contribution is -2.29. The second-order valence-electron chi connectivity index (χ2n) is 7.01. The molecule has 1 aliphatic rings. The molecule has 1 atom stereocenters. The number of rotatable bonds is 9. The molecule has 1 saturated heterocycles. The summed E-state index contributed by atoms with van der Waals surface area (Å²) in [5.41, 5.74) is 1.72. The van der Waals surface area contributed by atoms with Crippen LogP contribution in [-0.4, -0.2) is 41.0 Å². The van der Waals surface area contributed by atoms with Crippen molar-refractivity contribution in [3.8, 4) is 0 Å². The molecule has 0 aromatic carbocycles. The van der Waals surface area contributed by atoms with E-state index in [0.29, 0.717) is 5.41 Å². The van der Waals surface area contributed by atoms with Gasteiger partial charge in [0, 0.05) is 50.0 Å². The maximum atomic E-state index is 5.69. The van der Waals surface area contributed by atoms with Crippen molar-refractivity contribution in [2.24, 2.45) is 12.5 Å². The maximum Gasteiger partial charge on any atom is 0.0534 e. The summed E-state index contributed by atoms with van der Waals surface area (Å²) in [6, 6.07) is 4.43. The number of hydrogen-bond donors (Lipinski definition) is 0. The minimum atomic E-state index is 0.404. The summed E-state index contributed by atoms with van der Waals surface area (Å²) >= 11 is 1.88. The largest absolute Gasteiger partial charge is 0.382 e. The molecular formula is C19H29N3OS. The van der Waals surface area contributed by atoms with E-state index in [1.54, 1.807) is 0 Å². The third-order valence-corrected chi connectivity index (χ3v) is 6.08. The molecule has 0 bridgehead atoms. The smallest absolute Gasteiger partial charge is 0.0534 e. The van der Waals surface area contributed by atoms with Crippen molar-refractivity contribution in [2.75, 3.05) is 26.3 Å². The van der Waals surface area contributed by atoms with Crippen LogP contribution in [-0.2, 0) is 24.8 Å². The molecule has 0 spiro atoms. The van der Waals surface area contributed by atoms with E-state index in [9.17, 15) is 0 Å². The first kappa shape index (κ1) is 17.6. The summed E-state index contributed by atoms with van der Waals surface area (Å²) < 4.78 is 7.58. The zero-order chi connectivity index (χ0) is 16.8. The molecule has 0 radical (unpaired) electrons. The lowest BCUT2D eigenvalue weighted by molar-refractivity contribution is 0.0990. The van der Waals surface area contributed by atoms with Crippen LogP contribution in [0.3, 0.4) is 0 Å². The Bertz CT molecular complexity index is 610. The summed E-state index contributed by atoms with van der Waals surface area (Å²) in [6.45, 7) is 7.18. The fraction of sp³-hybridized carbons (Fsp3) is 0.632. The molecule has 24 heavy (non-hydrogen) atoms. The predicted molar refractivity (Wildman–Crippen MR) is 99.3 cm³/mol. The molecule has 0 saturated carbocycles. The van der Waals surface area contributed by atoms with Gasteiger partial charge in [0.1, 0.15) is 0 Å². The first-order valence-electron chi connectivity index (χ1n) is 8.99. The maximum absolute atomic E-state index is 5.69. The Morgan fingerprint density at radius 1 is 1.38 bits per heavy atom. The molecule has 1 aliphatic heterocycles. The molecule has 132 valence electrons. The summed E-state index contributed by atoms with van der Waals surface area (Å²) in [4.78, 5) is 4.11. The number of aryl methyl sites for hydroxylation is 2. The molecule has 0 unspecified atom stereocenters. The summed E-state index contributed by atoms with van der Waals surface area (Å²) in [7, 11) is 1.99. The number of likely N-dealkylation sites (tertiary alicyclic amines) is 1. The van der Waals surface area contributed by atoms with Crippen LogP contribution in [0.25, 0.3) is 0 Å². The molecule has 2 aromatic heterocycles.